The summed E-state index contributed by atoms with van der Waals surface area (Å²) >= 11 is 0. The molecule has 3 aromatic rings. The van der Waals surface area contributed by atoms with Gasteiger partial charge >= 0.3 is 12.3 Å². The molecule has 0 saturated carbocycles. The highest BCUT2D eigenvalue weighted by atomic mass is 16.7. The molecule has 0 atom stereocenters. The van der Waals surface area contributed by atoms with E-state index in [0.29, 0.717) is 48.6 Å². The van der Waals surface area contributed by atoms with E-state index in [0.717, 1.165) is 29.5 Å². The normalized spacial score (nSPS) is 13.4. The van der Waals surface area contributed by atoms with Gasteiger partial charge in [-0.1, -0.05) is 18.2 Å². The second kappa shape index (κ2) is 15.9. The van der Waals surface area contributed by atoms with Crippen LogP contribution in [0.25, 0.3) is 0 Å². The third-order valence-corrected chi connectivity index (χ3v) is 6.68. The lowest BCUT2D eigenvalue weighted by molar-refractivity contribution is 0.0531. The van der Waals surface area contributed by atoms with Crippen molar-refractivity contribution in [3.63, 3.8) is 0 Å². The molecule has 10 nitrogen and oxygen atoms in total. The smallest absolute Gasteiger partial charge is 0.434 e. The third-order valence-electron chi connectivity index (χ3n) is 6.68. The van der Waals surface area contributed by atoms with Crippen molar-refractivity contribution < 1.29 is 28.5 Å². The number of allylic oxidation sites excluding steroid dienone is 2. The molecule has 0 fully saturated rings. The first-order chi connectivity index (χ1) is 20.5. The topological polar surface area (TPSA) is 122 Å². The number of nitrogens with one attached hydrogen (secondary N) is 1. The Morgan fingerprint density at radius 1 is 0.690 bits per heavy atom. The molecule has 10 heteroatoms. The molecule has 4 heterocycles. The van der Waals surface area contributed by atoms with Crippen LogP contribution in [0.2, 0.25) is 0 Å². The molecule has 4 rings (SSSR count). The van der Waals surface area contributed by atoms with Crippen molar-refractivity contribution in [3.8, 4) is 0 Å². The molecule has 0 amide bonds. The summed E-state index contributed by atoms with van der Waals surface area (Å²) in [7, 11) is 0. The standard InChI is InChI=1S/C32H36N4O6/c1-23-29(41-31(37)39-18-6-11-25-8-3-15-33-20-25)28(14-13-27-10-5-17-35-22-27)30(24(2)36-23)42-32(38)40-19-7-12-26-9-4-16-34-21-26/h3-5,8-10,15-17,20-22,28,36H,6-7,11-14,18-19H2,1-2H3. The Balaban J connectivity index is 1.36. The van der Waals surface area contributed by atoms with E-state index in [4.69, 9.17) is 18.9 Å². The molecule has 1 aliphatic heterocycles. The third kappa shape index (κ3) is 9.43. The maximum atomic E-state index is 12.7. The van der Waals surface area contributed by atoms with E-state index < -0.39 is 18.2 Å². The van der Waals surface area contributed by atoms with Gasteiger partial charge in [0.1, 0.15) is 11.5 Å². The average molecular weight is 573 g/mol. The fraction of sp³-hybridized carbons (Fsp3) is 0.344. The molecule has 0 spiro atoms. The molecular weight excluding hydrogens is 536 g/mol. The van der Waals surface area contributed by atoms with Crippen molar-refractivity contribution in [3.05, 3.63) is 113 Å². The Labute approximate surface area is 245 Å². The predicted molar refractivity (Wildman–Crippen MR) is 155 cm³/mol. The summed E-state index contributed by atoms with van der Waals surface area (Å²) in [6.45, 7) is 3.99. The number of rotatable bonds is 13. The summed E-state index contributed by atoms with van der Waals surface area (Å²) in [5.41, 5.74) is 4.39. The highest BCUT2D eigenvalue weighted by Crippen LogP contribution is 2.35. The number of hydrogen-bond acceptors (Lipinski definition) is 10. The largest absolute Gasteiger partial charge is 0.513 e. The zero-order valence-electron chi connectivity index (χ0n) is 24.0. The van der Waals surface area contributed by atoms with E-state index >= 15 is 0 Å². The summed E-state index contributed by atoms with van der Waals surface area (Å²) in [5.74, 6) is 0.139. The SMILES string of the molecule is CC1=C(OC(=O)OCCCc2cccnc2)C(CCc2cccnc2)C(OC(=O)OCCCc2cccnc2)=C(C)N1. The molecule has 3 aromatic heterocycles. The maximum absolute atomic E-state index is 12.7. The Morgan fingerprint density at radius 2 is 1.12 bits per heavy atom. The van der Waals surface area contributed by atoms with Crippen LogP contribution in [0.4, 0.5) is 9.59 Å². The lowest BCUT2D eigenvalue weighted by Gasteiger charge is -2.30. The fourth-order valence-electron chi connectivity index (χ4n) is 4.65. The van der Waals surface area contributed by atoms with Gasteiger partial charge in [0.25, 0.3) is 0 Å². The van der Waals surface area contributed by atoms with Gasteiger partial charge in [-0.3, -0.25) is 15.0 Å². The van der Waals surface area contributed by atoms with Gasteiger partial charge in [-0.05, 0) is 87.3 Å². The summed E-state index contributed by atoms with van der Waals surface area (Å²) in [4.78, 5) is 37.8. The summed E-state index contributed by atoms with van der Waals surface area (Å²) in [5, 5.41) is 3.16. The van der Waals surface area contributed by atoms with Crippen LogP contribution in [0, 0.1) is 5.92 Å². The minimum atomic E-state index is -0.819. The quantitative estimate of drug-likeness (QED) is 0.191. The van der Waals surface area contributed by atoms with Crippen molar-refractivity contribution in [2.24, 2.45) is 5.92 Å². The summed E-state index contributed by atoms with van der Waals surface area (Å²) in [6, 6.07) is 11.5. The van der Waals surface area contributed by atoms with Gasteiger partial charge in [0, 0.05) is 37.2 Å². The van der Waals surface area contributed by atoms with Gasteiger partial charge in [0.05, 0.1) is 30.5 Å². The van der Waals surface area contributed by atoms with E-state index in [-0.39, 0.29) is 13.2 Å². The second-order valence-corrected chi connectivity index (χ2v) is 9.89. The Hall–Kier alpha value is -4.73. The predicted octanol–water partition coefficient (Wildman–Crippen LogP) is 6.06. The number of nitrogens with zero attached hydrogens (tertiary/aromatic N) is 3. The average Bonchev–Trinajstić information content (AvgIpc) is 3.01. The Bertz CT molecular complexity index is 1280. The molecule has 0 aromatic carbocycles. The van der Waals surface area contributed by atoms with E-state index in [2.05, 4.69) is 20.3 Å². The Kier molecular flexibility index (Phi) is 11.4. The van der Waals surface area contributed by atoms with Crippen molar-refractivity contribution >= 4 is 12.3 Å². The van der Waals surface area contributed by atoms with Crippen LogP contribution in [0.3, 0.4) is 0 Å². The lowest BCUT2D eigenvalue weighted by atomic mass is 9.92. The maximum Gasteiger partial charge on any atom is 0.513 e. The van der Waals surface area contributed by atoms with Gasteiger partial charge in [-0.2, -0.15) is 0 Å². The molecule has 0 saturated heterocycles. The zero-order chi connectivity index (χ0) is 29.6. The van der Waals surface area contributed by atoms with E-state index in [9.17, 15) is 9.59 Å². The summed E-state index contributed by atoms with van der Waals surface area (Å²) < 4.78 is 22.2. The minimum Gasteiger partial charge on any atom is -0.434 e. The number of aryl methyl sites for hydroxylation is 3. The van der Waals surface area contributed by atoms with Gasteiger partial charge < -0.3 is 24.3 Å². The molecule has 220 valence electrons. The number of pyridine rings is 3. The van der Waals surface area contributed by atoms with Crippen molar-refractivity contribution in [1.29, 1.82) is 0 Å². The van der Waals surface area contributed by atoms with Crippen molar-refractivity contribution in [2.45, 2.75) is 52.4 Å². The number of ether oxygens (including phenoxy) is 4. The molecule has 0 radical (unpaired) electrons. The van der Waals surface area contributed by atoms with E-state index in [1.165, 1.54) is 0 Å². The first-order valence-corrected chi connectivity index (χ1v) is 14.0. The fourth-order valence-corrected chi connectivity index (χ4v) is 4.65. The van der Waals surface area contributed by atoms with Crippen LogP contribution in [-0.4, -0.2) is 40.5 Å². The number of hydrogen-bond donors (Lipinski definition) is 1. The van der Waals surface area contributed by atoms with Crippen LogP contribution in [0.15, 0.2) is 96.5 Å². The number of carbonyl (C=O) groups is 2. The van der Waals surface area contributed by atoms with Crippen LogP contribution in [0.1, 0.15) is 49.8 Å². The number of dihydropyridines is 1. The molecule has 1 N–H and O–H groups in total. The van der Waals surface area contributed by atoms with Crippen LogP contribution >= 0.6 is 0 Å². The van der Waals surface area contributed by atoms with Crippen molar-refractivity contribution in [1.82, 2.24) is 20.3 Å². The molecule has 42 heavy (non-hydrogen) atoms. The van der Waals surface area contributed by atoms with Crippen LogP contribution in [-0.2, 0) is 38.2 Å². The molecule has 0 unspecified atom stereocenters. The van der Waals surface area contributed by atoms with Crippen molar-refractivity contribution in [2.75, 3.05) is 13.2 Å². The zero-order valence-corrected chi connectivity index (χ0v) is 24.0. The number of aromatic nitrogens is 3. The summed E-state index contributed by atoms with van der Waals surface area (Å²) in [6.07, 6.45) is 12.7. The highest BCUT2D eigenvalue weighted by Gasteiger charge is 2.34. The van der Waals surface area contributed by atoms with Gasteiger partial charge in [0.2, 0.25) is 0 Å². The van der Waals surface area contributed by atoms with Gasteiger partial charge in [-0.25, -0.2) is 9.59 Å². The van der Waals surface area contributed by atoms with Crippen LogP contribution < -0.4 is 5.32 Å². The number of carbonyl (C=O) groups excluding carboxylic acids is 2. The molecule has 0 aliphatic carbocycles. The van der Waals surface area contributed by atoms with Crippen LogP contribution in [0.5, 0.6) is 0 Å². The van der Waals surface area contributed by atoms with E-state index in [1.807, 2.05) is 36.4 Å². The van der Waals surface area contributed by atoms with Gasteiger partial charge in [-0.15, -0.1) is 0 Å². The lowest BCUT2D eigenvalue weighted by Crippen LogP contribution is -2.30. The first kappa shape index (κ1) is 30.2. The Morgan fingerprint density at radius 3 is 1.52 bits per heavy atom. The van der Waals surface area contributed by atoms with E-state index in [1.54, 1.807) is 51.0 Å². The van der Waals surface area contributed by atoms with Gasteiger partial charge in [0.15, 0.2) is 0 Å². The molecular formula is C32H36N4O6. The second-order valence-electron chi connectivity index (χ2n) is 9.89. The first-order valence-electron chi connectivity index (χ1n) is 14.0. The molecule has 1 aliphatic rings. The highest BCUT2D eigenvalue weighted by molar-refractivity contribution is 5.63. The molecule has 0 bridgehead atoms. The monoisotopic (exact) mass is 572 g/mol. The minimum absolute atomic E-state index is 0.192.